The van der Waals surface area contributed by atoms with Crippen molar-refractivity contribution < 1.29 is 13.2 Å². The number of aromatic nitrogens is 2. The van der Waals surface area contributed by atoms with Crippen molar-refractivity contribution in [3.05, 3.63) is 42.2 Å². The number of aryl methyl sites for hydroxylation is 2. The lowest BCUT2D eigenvalue weighted by atomic mass is 10.2. The second-order valence-corrected chi connectivity index (χ2v) is 6.18. The first kappa shape index (κ1) is 14.5. The van der Waals surface area contributed by atoms with E-state index in [-0.39, 0.29) is 18.0 Å². The van der Waals surface area contributed by atoms with Crippen molar-refractivity contribution in [1.29, 1.82) is 0 Å². The zero-order chi connectivity index (χ0) is 14.6. The number of sulfonamides is 1. The summed E-state index contributed by atoms with van der Waals surface area (Å²) in [5, 5.41) is 3.83. The molecule has 0 saturated carbocycles. The third kappa shape index (κ3) is 3.82. The Morgan fingerprint density at radius 2 is 2.20 bits per heavy atom. The molecule has 1 aromatic heterocycles. The summed E-state index contributed by atoms with van der Waals surface area (Å²) in [5.41, 5.74) is 1.10. The number of hydrogen-bond acceptors (Lipinski definition) is 4. The lowest BCUT2D eigenvalue weighted by Gasteiger charge is -2.08. The highest BCUT2D eigenvalue weighted by Crippen LogP contribution is 2.12. The number of benzene rings is 1. The smallest absolute Gasteiger partial charge is 0.243 e. The van der Waals surface area contributed by atoms with Crippen LogP contribution in [0.4, 0.5) is 0 Å². The normalized spacial score (nSPS) is 11.5. The topological polar surface area (TPSA) is 73.2 Å². The highest BCUT2D eigenvalue weighted by Gasteiger charge is 2.15. The standard InChI is InChI=1S/C13H17N3O3S/c1-11-4-3-5-12(8-11)19-7-6-15-20(17,18)13-9-14-16(2)10-13/h3-5,8-10,15H,6-7H2,1-2H3. The molecule has 0 spiro atoms. The van der Waals surface area contributed by atoms with Crippen molar-refractivity contribution in [3.8, 4) is 5.75 Å². The molecule has 0 unspecified atom stereocenters. The van der Waals surface area contributed by atoms with Crippen LogP contribution in [0.15, 0.2) is 41.6 Å². The first-order valence-corrected chi connectivity index (χ1v) is 7.63. The highest BCUT2D eigenvalue weighted by atomic mass is 32.2. The minimum atomic E-state index is -3.52. The third-order valence-corrected chi connectivity index (χ3v) is 4.06. The van der Waals surface area contributed by atoms with Crippen molar-refractivity contribution in [2.45, 2.75) is 11.8 Å². The molecule has 7 heteroatoms. The number of nitrogens with one attached hydrogen (secondary N) is 1. The van der Waals surface area contributed by atoms with E-state index in [1.807, 2.05) is 31.2 Å². The number of rotatable bonds is 6. The molecule has 0 saturated heterocycles. The van der Waals surface area contributed by atoms with Crippen molar-refractivity contribution in [2.75, 3.05) is 13.2 Å². The van der Waals surface area contributed by atoms with Gasteiger partial charge in [-0.2, -0.15) is 5.10 Å². The maximum Gasteiger partial charge on any atom is 0.243 e. The molecule has 1 heterocycles. The fourth-order valence-corrected chi connectivity index (χ4v) is 2.67. The van der Waals surface area contributed by atoms with Crippen molar-refractivity contribution >= 4 is 10.0 Å². The van der Waals surface area contributed by atoms with Crippen LogP contribution in [0, 0.1) is 6.92 Å². The Kier molecular flexibility index (Phi) is 4.41. The fourth-order valence-electron chi connectivity index (χ4n) is 1.67. The molecule has 108 valence electrons. The molecule has 0 fully saturated rings. The summed E-state index contributed by atoms with van der Waals surface area (Å²) in [7, 11) is -1.85. The monoisotopic (exact) mass is 295 g/mol. The predicted molar refractivity (Wildman–Crippen MR) is 75.1 cm³/mol. The van der Waals surface area contributed by atoms with Crippen molar-refractivity contribution in [2.24, 2.45) is 7.05 Å². The molecule has 2 aromatic rings. The van der Waals surface area contributed by atoms with Gasteiger partial charge >= 0.3 is 0 Å². The summed E-state index contributed by atoms with van der Waals surface area (Å²) in [4.78, 5) is 0.149. The second-order valence-electron chi connectivity index (χ2n) is 4.41. The molecule has 0 atom stereocenters. The first-order valence-electron chi connectivity index (χ1n) is 6.15. The van der Waals surface area contributed by atoms with E-state index in [1.54, 1.807) is 7.05 Å². The summed E-state index contributed by atoms with van der Waals surface area (Å²) >= 11 is 0. The van der Waals surface area contributed by atoms with Crippen LogP contribution in [-0.4, -0.2) is 31.3 Å². The molecule has 0 bridgehead atoms. The Labute approximate surface area is 118 Å². The van der Waals surface area contributed by atoms with Crippen LogP contribution in [0.25, 0.3) is 0 Å². The van der Waals surface area contributed by atoms with E-state index in [0.717, 1.165) is 11.3 Å². The molecular formula is C13H17N3O3S. The molecule has 0 aliphatic heterocycles. The molecule has 0 aliphatic rings. The Balaban J connectivity index is 1.84. The van der Waals surface area contributed by atoms with Crippen LogP contribution < -0.4 is 9.46 Å². The van der Waals surface area contributed by atoms with Gasteiger partial charge in [0.1, 0.15) is 17.3 Å². The van der Waals surface area contributed by atoms with E-state index < -0.39 is 10.0 Å². The number of ether oxygens (including phenoxy) is 1. The fraction of sp³-hybridized carbons (Fsp3) is 0.308. The Morgan fingerprint density at radius 3 is 2.85 bits per heavy atom. The lowest BCUT2D eigenvalue weighted by molar-refractivity contribution is 0.322. The summed E-state index contributed by atoms with van der Waals surface area (Å²) in [6.45, 7) is 2.44. The van der Waals surface area contributed by atoms with Gasteiger partial charge in [0.05, 0.1) is 6.20 Å². The molecule has 6 nitrogen and oxygen atoms in total. The van der Waals surface area contributed by atoms with Gasteiger partial charge in [-0.1, -0.05) is 12.1 Å². The zero-order valence-corrected chi connectivity index (χ0v) is 12.2. The van der Waals surface area contributed by atoms with Crippen molar-refractivity contribution in [1.82, 2.24) is 14.5 Å². The maximum atomic E-state index is 11.9. The zero-order valence-electron chi connectivity index (χ0n) is 11.4. The number of nitrogens with zero attached hydrogens (tertiary/aromatic N) is 2. The quantitative estimate of drug-likeness (QED) is 0.810. The van der Waals surface area contributed by atoms with Gasteiger partial charge in [-0.05, 0) is 24.6 Å². The molecule has 0 amide bonds. The minimum Gasteiger partial charge on any atom is -0.492 e. The average molecular weight is 295 g/mol. The molecule has 1 aromatic carbocycles. The van der Waals surface area contributed by atoms with Crippen LogP contribution in [0.5, 0.6) is 5.75 Å². The van der Waals surface area contributed by atoms with E-state index >= 15 is 0 Å². The van der Waals surface area contributed by atoms with Gasteiger partial charge < -0.3 is 4.74 Å². The van der Waals surface area contributed by atoms with Gasteiger partial charge in [0, 0.05) is 19.8 Å². The van der Waals surface area contributed by atoms with Gasteiger partial charge in [-0.3, -0.25) is 4.68 Å². The van der Waals surface area contributed by atoms with E-state index in [2.05, 4.69) is 9.82 Å². The minimum absolute atomic E-state index is 0.149. The molecule has 0 radical (unpaired) electrons. The average Bonchev–Trinajstić information content (AvgIpc) is 2.82. The second kappa shape index (κ2) is 6.06. The van der Waals surface area contributed by atoms with Crippen LogP contribution >= 0.6 is 0 Å². The van der Waals surface area contributed by atoms with Crippen LogP contribution in [0.3, 0.4) is 0 Å². The van der Waals surface area contributed by atoms with Gasteiger partial charge in [0.15, 0.2) is 0 Å². The Morgan fingerprint density at radius 1 is 1.40 bits per heavy atom. The first-order chi connectivity index (χ1) is 9.47. The number of hydrogen-bond donors (Lipinski definition) is 1. The predicted octanol–water partition coefficient (Wildman–Crippen LogP) is 1.09. The van der Waals surface area contributed by atoms with Gasteiger partial charge in [-0.25, -0.2) is 13.1 Å². The van der Waals surface area contributed by atoms with Gasteiger partial charge in [-0.15, -0.1) is 0 Å². The van der Waals surface area contributed by atoms with E-state index in [0.29, 0.717) is 0 Å². The van der Waals surface area contributed by atoms with Crippen LogP contribution in [0.1, 0.15) is 5.56 Å². The summed E-state index contributed by atoms with van der Waals surface area (Å²) in [6.07, 6.45) is 2.76. The summed E-state index contributed by atoms with van der Waals surface area (Å²) < 4.78 is 33.2. The SMILES string of the molecule is Cc1cccc(OCCNS(=O)(=O)c2cnn(C)c2)c1. The van der Waals surface area contributed by atoms with E-state index in [4.69, 9.17) is 4.74 Å². The molecule has 2 rings (SSSR count). The van der Waals surface area contributed by atoms with Gasteiger partial charge in [0.25, 0.3) is 0 Å². The molecular weight excluding hydrogens is 278 g/mol. The summed E-state index contributed by atoms with van der Waals surface area (Å²) in [5.74, 6) is 0.727. The summed E-state index contributed by atoms with van der Waals surface area (Å²) in [6, 6.07) is 7.60. The van der Waals surface area contributed by atoms with Crippen molar-refractivity contribution in [3.63, 3.8) is 0 Å². The molecule has 20 heavy (non-hydrogen) atoms. The highest BCUT2D eigenvalue weighted by molar-refractivity contribution is 7.89. The van der Waals surface area contributed by atoms with Crippen LogP contribution in [0.2, 0.25) is 0 Å². The van der Waals surface area contributed by atoms with Gasteiger partial charge in [0.2, 0.25) is 10.0 Å². The molecule has 1 N–H and O–H groups in total. The van der Waals surface area contributed by atoms with E-state index in [1.165, 1.54) is 17.1 Å². The van der Waals surface area contributed by atoms with Crippen LogP contribution in [-0.2, 0) is 17.1 Å². The maximum absolute atomic E-state index is 11.9. The van der Waals surface area contributed by atoms with E-state index in [9.17, 15) is 8.42 Å². The third-order valence-electron chi connectivity index (χ3n) is 2.64. The largest absolute Gasteiger partial charge is 0.492 e. The molecule has 0 aliphatic carbocycles. The lowest BCUT2D eigenvalue weighted by Crippen LogP contribution is -2.28. The Bertz CT molecular complexity index is 680. The Hall–Kier alpha value is -1.86.